The van der Waals surface area contributed by atoms with Crippen LogP contribution in [0, 0.1) is 0 Å². The summed E-state index contributed by atoms with van der Waals surface area (Å²) >= 11 is 0. The first-order valence-electron chi connectivity index (χ1n) is 9.66. The number of rotatable bonds is 10. The van der Waals surface area contributed by atoms with Crippen LogP contribution in [0.25, 0.3) is 0 Å². The third-order valence-electron chi connectivity index (χ3n) is 4.46. The summed E-state index contributed by atoms with van der Waals surface area (Å²) in [6, 6.07) is 6.24. The Kier molecular flexibility index (Phi) is 8.19. The van der Waals surface area contributed by atoms with Gasteiger partial charge in [0.05, 0.1) is 24.5 Å². The Morgan fingerprint density at radius 2 is 1.86 bits per heavy atom. The van der Waals surface area contributed by atoms with Gasteiger partial charge in [-0.2, -0.15) is 0 Å². The van der Waals surface area contributed by atoms with Crippen molar-refractivity contribution in [3.05, 3.63) is 29.8 Å². The summed E-state index contributed by atoms with van der Waals surface area (Å²) in [7, 11) is -3.11. The number of Topliss-reactive ketones (excluding diaryl/α,β-unsaturated/α-hetero) is 1. The summed E-state index contributed by atoms with van der Waals surface area (Å²) in [6.45, 7) is 4.01. The first kappa shape index (κ1) is 22.9. The monoisotopic (exact) mass is 425 g/mol. The highest BCUT2D eigenvalue weighted by Gasteiger charge is 2.30. The minimum absolute atomic E-state index is 0.0385. The first-order valence-corrected chi connectivity index (χ1v) is 11.5. The fourth-order valence-corrected chi connectivity index (χ4v) is 4.53. The van der Waals surface area contributed by atoms with Crippen LogP contribution in [0.1, 0.15) is 49.9 Å². The van der Waals surface area contributed by atoms with Crippen molar-refractivity contribution in [1.82, 2.24) is 5.32 Å². The Morgan fingerprint density at radius 3 is 2.45 bits per heavy atom. The Morgan fingerprint density at radius 1 is 1.17 bits per heavy atom. The van der Waals surface area contributed by atoms with Crippen LogP contribution in [0.3, 0.4) is 0 Å². The van der Waals surface area contributed by atoms with Crippen LogP contribution in [0.5, 0.6) is 5.75 Å². The number of carbonyl (C=O) groups excluding carboxylic acids is 3. The topological polar surface area (TPSA) is 116 Å². The molecule has 0 aliphatic carbocycles. The highest BCUT2D eigenvalue weighted by atomic mass is 32.2. The predicted octanol–water partition coefficient (Wildman–Crippen LogP) is 1.67. The lowest BCUT2D eigenvalue weighted by molar-refractivity contribution is -0.154. The molecular weight excluding hydrogens is 398 g/mol. The fraction of sp³-hybridized carbons (Fsp3) is 0.550. The van der Waals surface area contributed by atoms with Crippen molar-refractivity contribution in [2.24, 2.45) is 0 Å². The van der Waals surface area contributed by atoms with E-state index in [2.05, 4.69) is 5.32 Å². The standard InChI is InChI=1S/C20H27NO7S/c1-3-11-27-17-6-4-15(5-7-17)18(22)8-9-19(23)28-14(2)20(24)21-16-10-12-29(25,26)13-16/h4-7,14,16H,3,8-13H2,1-2H3,(H,21,24)/t14-,16+/m0/s1. The molecule has 1 aliphatic heterocycles. The molecule has 1 aromatic rings. The molecule has 0 unspecified atom stereocenters. The van der Waals surface area contributed by atoms with Crippen LogP contribution in [0.2, 0.25) is 0 Å². The van der Waals surface area contributed by atoms with Gasteiger partial charge in [0.15, 0.2) is 21.7 Å². The summed E-state index contributed by atoms with van der Waals surface area (Å²) in [5.41, 5.74) is 0.467. The van der Waals surface area contributed by atoms with Gasteiger partial charge in [-0.3, -0.25) is 14.4 Å². The maximum absolute atomic E-state index is 12.2. The molecule has 1 fully saturated rings. The molecule has 0 bridgehead atoms. The van der Waals surface area contributed by atoms with Crippen molar-refractivity contribution in [2.75, 3.05) is 18.1 Å². The Bertz CT molecular complexity index is 833. The van der Waals surface area contributed by atoms with Crippen molar-refractivity contribution >= 4 is 27.5 Å². The van der Waals surface area contributed by atoms with E-state index < -0.39 is 33.9 Å². The van der Waals surface area contributed by atoms with E-state index in [1.54, 1.807) is 24.3 Å². The van der Waals surface area contributed by atoms with Gasteiger partial charge in [-0.15, -0.1) is 0 Å². The van der Waals surface area contributed by atoms with Crippen LogP contribution in [-0.4, -0.2) is 56.3 Å². The molecule has 1 saturated heterocycles. The molecule has 8 nitrogen and oxygen atoms in total. The van der Waals surface area contributed by atoms with Gasteiger partial charge in [0.2, 0.25) is 0 Å². The minimum atomic E-state index is -3.11. The molecule has 9 heteroatoms. The maximum atomic E-state index is 12.2. The smallest absolute Gasteiger partial charge is 0.307 e. The number of carbonyl (C=O) groups is 3. The van der Waals surface area contributed by atoms with Gasteiger partial charge in [-0.1, -0.05) is 6.92 Å². The zero-order valence-electron chi connectivity index (χ0n) is 16.7. The third-order valence-corrected chi connectivity index (χ3v) is 6.23. The second kappa shape index (κ2) is 10.4. The summed E-state index contributed by atoms with van der Waals surface area (Å²) in [5.74, 6) is -0.803. The van der Waals surface area contributed by atoms with Gasteiger partial charge in [-0.05, 0) is 44.0 Å². The van der Waals surface area contributed by atoms with Crippen molar-refractivity contribution in [2.45, 2.75) is 51.7 Å². The minimum Gasteiger partial charge on any atom is -0.494 e. The predicted molar refractivity (Wildman–Crippen MR) is 107 cm³/mol. The van der Waals surface area contributed by atoms with Crippen LogP contribution < -0.4 is 10.1 Å². The number of esters is 1. The Hall–Kier alpha value is -2.42. The van der Waals surface area contributed by atoms with E-state index in [0.717, 1.165) is 6.42 Å². The van der Waals surface area contributed by atoms with Gasteiger partial charge < -0.3 is 14.8 Å². The zero-order valence-corrected chi connectivity index (χ0v) is 17.5. The van der Waals surface area contributed by atoms with Crippen molar-refractivity contribution in [3.8, 4) is 5.75 Å². The summed E-state index contributed by atoms with van der Waals surface area (Å²) in [6.07, 6.45) is -0.00770. The molecule has 1 aromatic carbocycles. The largest absolute Gasteiger partial charge is 0.494 e. The maximum Gasteiger partial charge on any atom is 0.307 e. The molecule has 2 atom stereocenters. The molecule has 1 N–H and O–H groups in total. The van der Waals surface area contributed by atoms with Gasteiger partial charge >= 0.3 is 5.97 Å². The molecule has 1 amide bonds. The molecule has 0 aromatic heterocycles. The first-order chi connectivity index (χ1) is 13.7. The van der Waals surface area contributed by atoms with Gasteiger partial charge in [0.1, 0.15) is 5.75 Å². The zero-order chi connectivity index (χ0) is 21.4. The Balaban J connectivity index is 1.74. The van der Waals surface area contributed by atoms with Crippen LogP contribution in [0.15, 0.2) is 24.3 Å². The normalized spacial score (nSPS) is 18.6. The quantitative estimate of drug-likeness (QED) is 0.448. The van der Waals surface area contributed by atoms with E-state index >= 15 is 0 Å². The van der Waals surface area contributed by atoms with Crippen molar-refractivity contribution in [1.29, 1.82) is 0 Å². The second-order valence-electron chi connectivity index (χ2n) is 7.04. The number of hydrogen-bond donors (Lipinski definition) is 1. The van der Waals surface area contributed by atoms with E-state index in [4.69, 9.17) is 9.47 Å². The van der Waals surface area contributed by atoms with E-state index in [0.29, 0.717) is 24.3 Å². The lowest BCUT2D eigenvalue weighted by atomic mass is 10.1. The SMILES string of the molecule is CCCOc1ccc(C(=O)CCC(=O)O[C@@H](C)C(=O)N[C@@H]2CCS(=O)(=O)C2)cc1. The van der Waals surface area contributed by atoms with Crippen molar-refractivity contribution in [3.63, 3.8) is 0 Å². The highest BCUT2D eigenvalue weighted by molar-refractivity contribution is 7.91. The number of sulfone groups is 1. The Labute approximate surface area is 170 Å². The van der Waals surface area contributed by atoms with E-state index in [1.165, 1.54) is 6.92 Å². The number of amides is 1. The highest BCUT2D eigenvalue weighted by Crippen LogP contribution is 2.15. The summed E-state index contributed by atoms with van der Waals surface area (Å²) in [5, 5.41) is 2.58. The van der Waals surface area contributed by atoms with Crippen LogP contribution in [0.4, 0.5) is 0 Å². The van der Waals surface area contributed by atoms with E-state index in [1.807, 2.05) is 6.92 Å². The number of nitrogens with one attached hydrogen (secondary N) is 1. The molecule has 0 saturated carbocycles. The molecule has 0 spiro atoms. The molecule has 160 valence electrons. The number of benzene rings is 1. The molecule has 1 aliphatic rings. The van der Waals surface area contributed by atoms with E-state index in [-0.39, 0.29) is 30.1 Å². The van der Waals surface area contributed by atoms with E-state index in [9.17, 15) is 22.8 Å². The molecular formula is C20H27NO7S. The number of ketones is 1. The fourth-order valence-electron chi connectivity index (χ4n) is 2.85. The van der Waals surface area contributed by atoms with Gasteiger partial charge in [0.25, 0.3) is 5.91 Å². The molecule has 0 radical (unpaired) electrons. The number of hydrogen-bond acceptors (Lipinski definition) is 7. The van der Waals surface area contributed by atoms with Crippen LogP contribution in [-0.2, 0) is 24.2 Å². The van der Waals surface area contributed by atoms with Gasteiger partial charge in [0, 0.05) is 18.0 Å². The molecule has 1 heterocycles. The molecule has 29 heavy (non-hydrogen) atoms. The number of ether oxygens (including phenoxy) is 2. The lowest BCUT2D eigenvalue weighted by Crippen LogP contribution is -2.42. The second-order valence-corrected chi connectivity index (χ2v) is 9.27. The van der Waals surface area contributed by atoms with Gasteiger partial charge in [-0.25, -0.2) is 8.42 Å². The molecule has 2 rings (SSSR count). The van der Waals surface area contributed by atoms with Crippen LogP contribution >= 0.6 is 0 Å². The van der Waals surface area contributed by atoms with Crippen molar-refractivity contribution < 1.29 is 32.3 Å². The average molecular weight is 426 g/mol. The summed E-state index contributed by atoms with van der Waals surface area (Å²) in [4.78, 5) is 36.2. The average Bonchev–Trinajstić information content (AvgIpc) is 3.03. The lowest BCUT2D eigenvalue weighted by Gasteiger charge is -2.16. The summed E-state index contributed by atoms with van der Waals surface area (Å²) < 4.78 is 33.4. The third kappa shape index (κ3) is 7.49.